The maximum atomic E-state index is 12.1. The molecule has 0 aromatic carbocycles. The molecule has 76 valence electrons. The van der Waals surface area contributed by atoms with Crippen LogP contribution in [0.4, 0.5) is 13.2 Å². The van der Waals surface area contributed by atoms with Gasteiger partial charge in [0.15, 0.2) is 5.78 Å². The average Bonchev–Trinajstić information content (AvgIpc) is 2.15. The molecule has 0 saturated carbocycles. The van der Waals surface area contributed by atoms with Crippen LogP contribution in [-0.2, 0) is 6.18 Å². The molecule has 0 spiro atoms. The second-order valence-corrected chi connectivity index (χ2v) is 2.54. The van der Waals surface area contributed by atoms with Crippen molar-refractivity contribution in [2.45, 2.75) is 19.5 Å². The lowest BCUT2D eigenvalue weighted by Gasteiger charge is -2.04. The number of Topliss-reactive ketones (excluding diaryl/α,β-unsaturated/α-hetero) is 1. The zero-order valence-corrected chi connectivity index (χ0v) is 7.30. The van der Waals surface area contributed by atoms with E-state index >= 15 is 0 Å². The molecule has 0 atom stereocenters. The van der Waals surface area contributed by atoms with Gasteiger partial charge in [0, 0.05) is 12.6 Å². The zero-order valence-electron chi connectivity index (χ0n) is 7.30. The van der Waals surface area contributed by atoms with Gasteiger partial charge >= 0.3 is 6.18 Å². The van der Waals surface area contributed by atoms with Crippen LogP contribution in [0.5, 0.6) is 0 Å². The van der Waals surface area contributed by atoms with E-state index in [9.17, 15) is 18.0 Å². The van der Waals surface area contributed by atoms with Crippen LogP contribution in [0.15, 0.2) is 12.3 Å². The molecule has 0 radical (unpaired) electrons. The van der Waals surface area contributed by atoms with Crippen LogP contribution in [0.2, 0.25) is 0 Å². The molecule has 0 aliphatic heterocycles. The van der Waals surface area contributed by atoms with E-state index in [-0.39, 0.29) is 12.1 Å². The molecule has 1 heterocycles. The normalized spacial score (nSPS) is 11.4. The molecule has 0 aliphatic rings. The fourth-order valence-corrected chi connectivity index (χ4v) is 0.832. The summed E-state index contributed by atoms with van der Waals surface area (Å²) in [6, 6.07) is 1.17. The third-order valence-corrected chi connectivity index (χ3v) is 1.52. The van der Waals surface area contributed by atoms with Crippen molar-refractivity contribution in [3.8, 4) is 0 Å². The summed E-state index contributed by atoms with van der Waals surface area (Å²) in [5, 5.41) is 0. The van der Waals surface area contributed by atoms with E-state index < -0.39 is 17.8 Å². The Labute approximate surface area is 78.0 Å². The summed E-state index contributed by atoms with van der Waals surface area (Å²) < 4.78 is 36.3. The standard InChI is InChI=1S/C8H7F3N2O/c1-2-6(14)5-3-4-12-7(13-5)8(9,10)11/h3-4H,2H2,1H3. The Morgan fingerprint density at radius 1 is 1.50 bits per heavy atom. The molecule has 6 heteroatoms. The summed E-state index contributed by atoms with van der Waals surface area (Å²) in [7, 11) is 0. The number of carbonyl (C=O) groups is 1. The molecule has 0 amide bonds. The molecule has 1 aromatic heterocycles. The molecule has 0 saturated heterocycles. The topological polar surface area (TPSA) is 42.9 Å². The van der Waals surface area contributed by atoms with Gasteiger partial charge in [0.25, 0.3) is 0 Å². The van der Waals surface area contributed by atoms with Gasteiger partial charge in [-0.2, -0.15) is 13.2 Å². The largest absolute Gasteiger partial charge is 0.451 e. The number of aromatic nitrogens is 2. The van der Waals surface area contributed by atoms with Gasteiger partial charge in [-0.1, -0.05) is 6.92 Å². The van der Waals surface area contributed by atoms with Crippen molar-refractivity contribution in [3.63, 3.8) is 0 Å². The first-order valence-corrected chi connectivity index (χ1v) is 3.88. The van der Waals surface area contributed by atoms with E-state index in [0.717, 1.165) is 6.20 Å². The summed E-state index contributed by atoms with van der Waals surface area (Å²) >= 11 is 0. The van der Waals surface area contributed by atoms with Gasteiger partial charge in [-0.05, 0) is 6.07 Å². The smallest absolute Gasteiger partial charge is 0.292 e. The van der Waals surface area contributed by atoms with Gasteiger partial charge in [-0.25, -0.2) is 9.97 Å². The Hall–Kier alpha value is -1.46. The lowest BCUT2D eigenvalue weighted by Crippen LogP contribution is -2.13. The predicted octanol–water partition coefficient (Wildman–Crippen LogP) is 2.09. The Kier molecular flexibility index (Phi) is 2.83. The van der Waals surface area contributed by atoms with Gasteiger partial charge < -0.3 is 0 Å². The van der Waals surface area contributed by atoms with E-state index in [1.165, 1.54) is 6.07 Å². The monoisotopic (exact) mass is 204 g/mol. The molecule has 1 rings (SSSR count). The van der Waals surface area contributed by atoms with Crippen molar-refractivity contribution in [3.05, 3.63) is 23.8 Å². The highest BCUT2D eigenvalue weighted by Gasteiger charge is 2.34. The second-order valence-electron chi connectivity index (χ2n) is 2.54. The van der Waals surface area contributed by atoms with Crippen molar-refractivity contribution < 1.29 is 18.0 Å². The van der Waals surface area contributed by atoms with E-state index in [4.69, 9.17) is 0 Å². The van der Waals surface area contributed by atoms with E-state index in [2.05, 4.69) is 9.97 Å². The third kappa shape index (κ3) is 2.27. The van der Waals surface area contributed by atoms with Crippen LogP contribution in [0.3, 0.4) is 0 Å². The van der Waals surface area contributed by atoms with E-state index in [1.54, 1.807) is 6.92 Å². The molecule has 0 unspecified atom stereocenters. The van der Waals surface area contributed by atoms with Crippen LogP contribution in [-0.4, -0.2) is 15.8 Å². The number of ketones is 1. The van der Waals surface area contributed by atoms with Gasteiger partial charge in [-0.3, -0.25) is 4.79 Å². The average molecular weight is 204 g/mol. The first-order valence-electron chi connectivity index (χ1n) is 3.88. The highest BCUT2D eigenvalue weighted by atomic mass is 19.4. The van der Waals surface area contributed by atoms with Crippen molar-refractivity contribution in [1.29, 1.82) is 0 Å². The first-order chi connectivity index (χ1) is 6.45. The maximum Gasteiger partial charge on any atom is 0.451 e. The van der Waals surface area contributed by atoms with Crippen molar-refractivity contribution in [2.24, 2.45) is 0 Å². The molecule has 0 N–H and O–H groups in total. The zero-order chi connectivity index (χ0) is 10.8. The van der Waals surface area contributed by atoms with Crippen LogP contribution in [0, 0.1) is 0 Å². The SMILES string of the molecule is CCC(=O)c1ccnc(C(F)(F)F)n1. The molecule has 1 aromatic rings. The molecule has 0 fully saturated rings. The minimum Gasteiger partial charge on any atom is -0.292 e. The van der Waals surface area contributed by atoms with Gasteiger partial charge in [0.05, 0.1) is 0 Å². The summed E-state index contributed by atoms with van der Waals surface area (Å²) in [5.74, 6) is -1.71. The summed E-state index contributed by atoms with van der Waals surface area (Å²) in [4.78, 5) is 17.2. The molecular weight excluding hydrogens is 197 g/mol. The first kappa shape index (κ1) is 10.6. The van der Waals surface area contributed by atoms with Crippen LogP contribution >= 0.6 is 0 Å². The van der Waals surface area contributed by atoms with Crippen molar-refractivity contribution >= 4 is 5.78 Å². The maximum absolute atomic E-state index is 12.1. The minimum atomic E-state index is -4.61. The number of rotatable bonds is 2. The predicted molar refractivity (Wildman–Crippen MR) is 41.7 cm³/mol. The second kappa shape index (κ2) is 3.73. The molecule has 14 heavy (non-hydrogen) atoms. The Morgan fingerprint density at radius 2 is 2.14 bits per heavy atom. The van der Waals surface area contributed by atoms with E-state index in [0.29, 0.717) is 0 Å². The highest BCUT2D eigenvalue weighted by Crippen LogP contribution is 2.25. The quantitative estimate of drug-likeness (QED) is 0.692. The minimum absolute atomic E-state index is 0.119. The van der Waals surface area contributed by atoms with Gasteiger partial charge in [-0.15, -0.1) is 0 Å². The van der Waals surface area contributed by atoms with Crippen LogP contribution in [0.25, 0.3) is 0 Å². The molecule has 3 nitrogen and oxygen atoms in total. The Balaban J connectivity index is 3.08. The molecule has 0 bridgehead atoms. The summed E-state index contributed by atoms with van der Waals surface area (Å²) in [6.07, 6.45) is -3.56. The number of nitrogens with zero attached hydrogens (tertiary/aromatic N) is 2. The lowest BCUT2D eigenvalue weighted by atomic mass is 10.2. The summed E-state index contributed by atoms with van der Waals surface area (Å²) in [5.41, 5.74) is -0.199. The fourth-order valence-electron chi connectivity index (χ4n) is 0.832. The van der Waals surface area contributed by atoms with Gasteiger partial charge in [0.2, 0.25) is 5.82 Å². The van der Waals surface area contributed by atoms with E-state index in [1.807, 2.05) is 0 Å². The molecule has 0 aliphatic carbocycles. The number of carbonyl (C=O) groups excluding carboxylic acids is 1. The van der Waals surface area contributed by atoms with Crippen molar-refractivity contribution in [1.82, 2.24) is 9.97 Å². The number of halogens is 3. The van der Waals surface area contributed by atoms with Gasteiger partial charge in [0.1, 0.15) is 5.69 Å². The van der Waals surface area contributed by atoms with Crippen LogP contribution < -0.4 is 0 Å². The number of hydrogen-bond acceptors (Lipinski definition) is 3. The van der Waals surface area contributed by atoms with Crippen LogP contribution in [0.1, 0.15) is 29.7 Å². The highest BCUT2D eigenvalue weighted by molar-refractivity contribution is 5.93. The lowest BCUT2D eigenvalue weighted by molar-refractivity contribution is -0.145. The van der Waals surface area contributed by atoms with Crippen molar-refractivity contribution in [2.75, 3.05) is 0 Å². The summed E-state index contributed by atoms with van der Waals surface area (Å²) in [6.45, 7) is 1.55. The fraction of sp³-hybridized carbons (Fsp3) is 0.375. The third-order valence-electron chi connectivity index (χ3n) is 1.52. The number of hydrogen-bond donors (Lipinski definition) is 0. The Bertz CT molecular complexity index is 349. The number of alkyl halides is 3. The Morgan fingerprint density at radius 3 is 2.64 bits per heavy atom. The molecular formula is C8H7F3N2O.